The van der Waals surface area contributed by atoms with Gasteiger partial charge in [0, 0.05) is 46.9 Å². The molecule has 0 saturated heterocycles. The number of sulfonamides is 1. The van der Waals surface area contributed by atoms with Crippen molar-refractivity contribution in [3.63, 3.8) is 0 Å². The summed E-state index contributed by atoms with van der Waals surface area (Å²) >= 11 is 1.24. The molecule has 1 heterocycles. The van der Waals surface area contributed by atoms with Crippen molar-refractivity contribution >= 4 is 51.3 Å². The summed E-state index contributed by atoms with van der Waals surface area (Å²) in [5, 5.41) is 8.44. The van der Waals surface area contributed by atoms with E-state index in [0.717, 1.165) is 26.2 Å². The molecule has 10 heteroatoms. The number of thiophene rings is 1. The van der Waals surface area contributed by atoms with Crippen LogP contribution < -0.4 is 10.6 Å². The number of hydrogen-bond acceptors (Lipinski definition) is 5. The topological polar surface area (TPSA) is 83.0 Å². The summed E-state index contributed by atoms with van der Waals surface area (Å²) in [6, 6.07) is 3.38. The van der Waals surface area contributed by atoms with E-state index in [-0.39, 0.29) is 29.4 Å². The first-order valence-corrected chi connectivity index (χ1v) is 12.3. The van der Waals surface area contributed by atoms with Crippen molar-refractivity contribution < 1.29 is 13.2 Å². The van der Waals surface area contributed by atoms with Crippen LogP contribution in [0.25, 0.3) is 0 Å². The molecule has 0 aliphatic heterocycles. The van der Waals surface area contributed by atoms with E-state index < -0.39 is 10.0 Å². The van der Waals surface area contributed by atoms with E-state index in [0.29, 0.717) is 23.3 Å². The van der Waals surface area contributed by atoms with E-state index in [2.05, 4.69) is 15.6 Å². The first-order valence-electron chi connectivity index (χ1n) is 9.96. The summed E-state index contributed by atoms with van der Waals surface area (Å²) in [6.45, 7) is 5.32. The van der Waals surface area contributed by atoms with Crippen LogP contribution in [0.2, 0.25) is 0 Å². The molecule has 0 amide bonds. The molecule has 1 aliphatic rings. The summed E-state index contributed by atoms with van der Waals surface area (Å²) < 4.78 is 32.2. The van der Waals surface area contributed by atoms with Gasteiger partial charge in [-0.3, -0.25) is 4.99 Å². The highest BCUT2D eigenvalue weighted by Crippen LogP contribution is 2.40. The minimum Gasteiger partial charge on any atom is -0.382 e. The molecule has 168 valence electrons. The highest BCUT2D eigenvalue weighted by molar-refractivity contribution is 14.0. The number of hydrogen-bond donors (Lipinski definition) is 2. The van der Waals surface area contributed by atoms with Gasteiger partial charge in [-0.1, -0.05) is 18.9 Å². The van der Waals surface area contributed by atoms with Crippen molar-refractivity contribution in [3.8, 4) is 0 Å². The highest BCUT2D eigenvalue weighted by Gasteiger charge is 2.33. The van der Waals surface area contributed by atoms with E-state index >= 15 is 0 Å². The lowest BCUT2D eigenvalue weighted by atomic mass is 9.83. The number of nitrogens with one attached hydrogen (secondary N) is 2. The maximum Gasteiger partial charge on any atom is 0.252 e. The van der Waals surface area contributed by atoms with Gasteiger partial charge in [0.2, 0.25) is 0 Å². The Labute approximate surface area is 196 Å². The zero-order valence-corrected chi connectivity index (χ0v) is 21.6. The van der Waals surface area contributed by atoms with Gasteiger partial charge in [0.1, 0.15) is 4.21 Å². The van der Waals surface area contributed by atoms with E-state index in [1.807, 2.05) is 6.92 Å². The Morgan fingerprint density at radius 1 is 1.34 bits per heavy atom. The van der Waals surface area contributed by atoms with Crippen LogP contribution in [0.15, 0.2) is 26.7 Å². The summed E-state index contributed by atoms with van der Waals surface area (Å²) in [5.41, 5.74) is 0.270. The van der Waals surface area contributed by atoms with Crippen LogP contribution in [-0.2, 0) is 14.8 Å². The first kappa shape index (κ1) is 26.6. The van der Waals surface area contributed by atoms with E-state index in [1.165, 1.54) is 41.3 Å². The van der Waals surface area contributed by atoms with Crippen molar-refractivity contribution in [2.75, 3.05) is 46.9 Å². The molecule has 0 bridgehead atoms. The summed E-state index contributed by atoms with van der Waals surface area (Å²) in [7, 11) is -0.0663. The van der Waals surface area contributed by atoms with Crippen molar-refractivity contribution in [1.82, 2.24) is 14.9 Å². The predicted octanol–water partition coefficient (Wildman–Crippen LogP) is 3.14. The first-order chi connectivity index (χ1) is 13.4. The molecule has 0 radical (unpaired) electrons. The fraction of sp³-hybridized carbons (Fsp3) is 0.737. The molecule has 0 aromatic carbocycles. The maximum absolute atomic E-state index is 12.5. The Morgan fingerprint density at radius 2 is 2.07 bits per heavy atom. The van der Waals surface area contributed by atoms with E-state index in [1.54, 1.807) is 31.6 Å². The minimum absolute atomic E-state index is 0. The molecule has 1 aliphatic carbocycles. The standard InChI is InChI=1S/C19H34N4O3S2.HI/c1-4-26-14-11-19(9-5-6-10-19)16-22-18(20-2)21-12-13-23(3)28(24,25)17-8-7-15-27-17;/h7-8,15H,4-6,9-14,16H2,1-3H3,(H2,20,21,22);1H. The van der Waals surface area contributed by atoms with Gasteiger partial charge in [-0.2, -0.15) is 4.31 Å². The number of halogens is 1. The summed E-state index contributed by atoms with van der Waals surface area (Å²) in [6.07, 6.45) is 6.03. The third-order valence-electron chi connectivity index (χ3n) is 5.38. The van der Waals surface area contributed by atoms with Gasteiger partial charge >= 0.3 is 0 Å². The molecule has 0 atom stereocenters. The van der Waals surface area contributed by atoms with Crippen LogP contribution in [0.5, 0.6) is 0 Å². The molecule has 1 aromatic rings. The normalized spacial score (nSPS) is 16.6. The molecule has 29 heavy (non-hydrogen) atoms. The van der Waals surface area contributed by atoms with Gasteiger partial charge in [0.05, 0.1) is 0 Å². The zero-order valence-electron chi connectivity index (χ0n) is 17.6. The fourth-order valence-corrected chi connectivity index (χ4v) is 5.95. The molecule has 1 fully saturated rings. The molecule has 2 N–H and O–H groups in total. The number of guanidine groups is 1. The van der Waals surface area contributed by atoms with Gasteiger partial charge in [0.15, 0.2) is 5.96 Å². The Bertz CT molecular complexity index is 705. The van der Waals surface area contributed by atoms with Gasteiger partial charge in [-0.15, -0.1) is 35.3 Å². The third kappa shape index (κ3) is 7.97. The van der Waals surface area contributed by atoms with Crippen LogP contribution in [0, 0.1) is 5.41 Å². The number of aliphatic imine (C=N–C) groups is 1. The fourth-order valence-electron chi connectivity index (χ4n) is 3.58. The van der Waals surface area contributed by atoms with Crippen molar-refractivity contribution in [2.45, 2.75) is 43.2 Å². The molecule has 0 unspecified atom stereocenters. The lowest BCUT2D eigenvalue weighted by Crippen LogP contribution is -2.45. The van der Waals surface area contributed by atoms with Crippen LogP contribution in [0.1, 0.15) is 39.0 Å². The second kappa shape index (κ2) is 13.1. The lowest BCUT2D eigenvalue weighted by molar-refractivity contribution is 0.105. The third-order valence-corrected chi connectivity index (χ3v) is 8.61. The van der Waals surface area contributed by atoms with Crippen molar-refractivity contribution in [2.24, 2.45) is 10.4 Å². The maximum atomic E-state index is 12.5. The molecular weight excluding hydrogens is 523 g/mol. The van der Waals surface area contributed by atoms with E-state index in [4.69, 9.17) is 4.74 Å². The number of likely N-dealkylation sites (N-methyl/N-ethyl adjacent to an activating group) is 1. The zero-order chi connectivity index (χ0) is 20.5. The number of nitrogens with zero attached hydrogens (tertiary/aromatic N) is 2. The SMILES string of the molecule is CCOCCC1(CNC(=NC)NCCN(C)S(=O)(=O)c2cccs2)CCCC1.I. The van der Waals surface area contributed by atoms with Crippen LogP contribution in [0.3, 0.4) is 0 Å². The van der Waals surface area contributed by atoms with Crippen molar-refractivity contribution in [1.29, 1.82) is 0 Å². The Kier molecular flexibility index (Phi) is 12.0. The summed E-state index contributed by atoms with van der Waals surface area (Å²) in [4.78, 5) is 4.28. The molecule has 1 saturated carbocycles. The Hall–Kier alpha value is -0.430. The van der Waals surface area contributed by atoms with Crippen LogP contribution in [0.4, 0.5) is 0 Å². The van der Waals surface area contributed by atoms with E-state index in [9.17, 15) is 8.42 Å². The second-order valence-electron chi connectivity index (χ2n) is 7.27. The molecule has 7 nitrogen and oxygen atoms in total. The lowest BCUT2D eigenvalue weighted by Gasteiger charge is -2.30. The molecule has 2 rings (SSSR count). The summed E-state index contributed by atoms with van der Waals surface area (Å²) in [5.74, 6) is 0.713. The molecule has 1 aromatic heterocycles. The number of rotatable bonds is 11. The minimum atomic E-state index is -3.41. The molecular formula is C19H35IN4O3S2. The van der Waals surface area contributed by atoms with Crippen LogP contribution >= 0.6 is 35.3 Å². The largest absolute Gasteiger partial charge is 0.382 e. The Morgan fingerprint density at radius 3 is 2.66 bits per heavy atom. The van der Waals surface area contributed by atoms with Gasteiger partial charge in [-0.05, 0) is 43.0 Å². The smallest absolute Gasteiger partial charge is 0.252 e. The molecule has 0 spiro atoms. The quantitative estimate of drug-likeness (QED) is 0.189. The van der Waals surface area contributed by atoms with Crippen LogP contribution in [-0.4, -0.2) is 65.6 Å². The number of ether oxygens (including phenoxy) is 1. The Balaban J connectivity index is 0.00000420. The van der Waals surface area contributed by atoms with Gasteiger partial charge in [-0.25, -0.2) is 8.42 Å². The van der Waals surface area contributed by atoms with Crippen molar-refractivity contribution in [3.05, 3.63) is 17.5 Å². The van der Waals surface area contributed by atoms with Gasteiger partial charge < -0.3 is 15.4 Å². The average Bonchev–Trinajstić information content (AvgIpc) is 3.37. The second-order valence-corrected chi connectivity index (χ2v) is 10.5. The average molecular weight is 559 g/mol. The highest BCUT2D eigenvalue weighted by atomic mass is 127. The van der Waals surface area contributed by atoms with Gasteiger partial charge in [0.25, 0.3) is 10.0 Å². The monoisotopic (exact) mass is 558 g/mol. The predicted molar refractivity (Wildman–Crippen MR) is 131 cm³/mol.